The maximum absolute atomic E-state index is 13.8. The molecule has 1 fully saturated rings. The number of nitrogens with one attached hydrogen (secondary N) is 3. The van der Waals surface area contributed by atoms with Crippen LogP contribution in [0.1, 0.15) is 32.4 Å². The predicted molar refractivity (Wildman–Crippen MR) is 109 cm³/mol. The second kappa shape index (κ2) is 10.4. The quantitative estimate of drug-likeness (QED) is 0.501. The Labute approximate surface area is 166 Å². The van der Waals surface area contributed by atoms with Gasteiger partial charge in [-0.3, -0.25) is 14.7 Å². The molecular formula is C20H32FN5O2. The average molecular weight is 394 g/mol. The molecule has 7 nitrogen and oxygen atoms in total. The van der Waals surface area contributed by atoms with Crippen LogP contribution in [0.25, 0.3) is 0 Å². The molecule has 1 aliphatic heterocycles. The van der Waals surface area contributed by atoms with Crippen molar-refractivity contribution in [2.24, 2.45) is 4.99 Å². The van der Waals surface area contributed by atoms with Crippen molar-refractivity contribution in [1.82, 2.24) is 20.9 Å². The van der Waals surface area contributed by atoms with E-state index in [-0.39, 0.29) is 29.8 Å². The monoisotopic (exact) mass is 393 g/mol. The lowest BCUT2D eigenvalue weighted by Crippen LogP contribution is -2.50. The minimum absolute atomic E-state index is 0.0263. The first-order valence-electron chi connectivity index (χ1n) is 9.61. The van der Waals surface area contributed by atoms with Crippen LogP contribution >= 0.6 is 0 Å². The predicted octanol–water partition coefficient (Wildman–Crippen LogP) is 1.28. The third-order valence-electron chi connectivity index (χ3n) is 4.34. The minimum atomic E-state index is -0.283. The first-order valence-corrected chi connectivity index (χ1v) is 9.61. The van der Waals surface area contributed by atoms with Gasteiger partial charge in [0, 0.05) is 32.2 Å². The average Bonchev–Trinajstić information content (AvgIpc) is 2.64. The number of rotatable bonds is 6. The van der Waals surface area contributed by atoms with Crippen molar-refractivity contribution in [2.45, 2.75) is 32.4 Å². The third kappa shape index (κ3) is 7.44. The molecule has 1 aliphatic rings. The van der Waals surface area contributed by atoms with Gasteiger partial charge in [-0.05, 0) is 38.5 Å². The summed E-state index contributed by atoms with van der Waals surface area (Å²) < 4.78 is 19.2. The van der Waals surface area contributed by atoms with Crippen LogP contribution in [0.4, 0.5) is 4.39 Å². The number of guanidine groups is 1. The van der Waals surface area contributed by atoms with Crippen molar-refractivity contribution < 1.29 is 13.9 Å². The Morgan fingerprint density at radius 2 is 2.00 bits per heavy atom. The van der Waals surface area contributed by atoms with Crippen LogP contribution in [0.3, 0.4) is 0 Å². The van der Waals surface area contributed by atoms with Gasteiger partial charge in [0.1, 0.15) is 5.82 Å². The van der Waals surface area contributed by atoms with Gasteiger partial charge in [-0.25, -0.2) is 4.39 Å². The molecule has 1 aromatic rings. The smallest absolute Gasteiger partial charge is 0.239 e. The summed E-state index contributed by atoms with van der Waals surface area (Å²) in [5, 5.41) is 9.18. The van der Waals surface area contributed by atoms with E-state index in [1.54, 1.807) is 19.2 Å². The van der Waals surface area contributed by atoms with Gasteiger partial charge in [0.15, 0.2) is 5.96 Å². The summed E-state index contributed by atoms with van der Waals surface area (Å²) in [4.78, 5) is 18.5. The van der Waals surface area contributed by atoms with Crippen molar-refractivity contribution in [3.05, 3.63) is 35.6 Å². The lowest BCUT2D eigenvalue weighted by molar-refractivity contribution is -0.121. The summed E-state index contributed by atoms with van der Waals surface area (Å²) in [6, 6.07) is 6.64. The summed E-state index contributed by atoms with van der Waals surface area (Å²) in [5.74, 6) is 0.168. The standard InChI is InChI=1S/C20H32FN5O2/c1-20(2,3)25-18(27)14-24-19(22-4)23-13-17(26-8-10-28-11-9-26)15-6-5-7-16(21)12-15/h5-7,12,17H,8-11,13-14H2,1-4H3,(H,25,27)(H2,22,23,24). The van der Waals surface area contributed by atoms with Crippen molar-refractivity contribution in [3.8, 4) is 0 Å². The number of carbonyl (C=O) groups excluding carboxylic acids is 1. The van der Waals surface area contributed by atoms with Gasteiger partial charge >= 0.3 is 0 Å². The molecule has 156 valence electrons. The molecule has 28 heavy (non-hydrogen) atoms. The number of hydrogen-bond donors (Lipinski definition) is 3. The second-order valence-electron chi connectivity index (χ2n) is 7.82. The van der Waals surface area contributed by atoms with Gasteiger partial charge in [0.2, 0.25) is 5.91 Å². The van der Waals surface area contributed by atoms with E-state index >= 15 is 0 Å². The maximum Gasteiger partial charge on any atom is 0.239 e. The molecular weight excluding hydrogens is 361 g/mol. The molecule has 1 heterocycles. The van der Waals surface area contributed by atoms with Crippen LogP contribution in [-0.2, 0) is 9.53 Å². The molecule has 1 amide bonds. The first-order chi connectivity index (χ1) is 13.3. The van der Waals surface area contributed by atoms with Crippen LogP contribution in [0.5, 0.6) is 0 Å². The summed E-state index contributed by atoms with van der Waals surface area (Å²) in [6.07, 6.45) is 0. The maximum atomic E-state index is 13.8. The molecule has 2 rings (SSSR count). The molecule has 3 N–H and O–H groups in total. The Kier molecular flexibility index (Phi) is 8.19. The van der Waals surface area contributed by atoms with Gasteiger partial charge in [-0.15, -0.1) is 0 Å². The van der Waals surface area contributed by atoms with Crippen LogP contribution in [-0.4, -0.2) is 68.7 Å². The normalized spacial score (nSPS) is 17.1. The Bertz CT molecular complexity index is 669. The van der Waals surface area contributed by atoms with Gasteiger partial charge in [-0.1, -0.05) is 12.1 Å². The number of benzene rings is 1. The van der Waals surface area contributed by atoms with E-state index in [2.05, 4.69) is 25.8 Å². The highest BCUT2D eigenvalue weighted by molar-refractivity contribution is 5.86. The molecule has 1 aromatic carbocycles. The van der Waals surface area contributed by atoms with Crippen LogP contribution in [0.2, 0.25) is 0 Å². The van der Waals surface area contributed by atoms with Crippen LogP contribution < -0.4 is 16.0 Å². The molecule has 0 aromatic heterocycles. The lowest BCUT2D eigenvalue weighted by Gasteiger charge is -2.35. The fourth-order valence-electron chi connectivity index (χ4n) is 3.10. The van der Waals surface area contributed by atoms with Crippen molar-refractivity contribution in [3.63, 3.8) is 0 Å². The fraction of sp³-hybridized carbons (Fsp3) is 0.600. The largest absolute Gasteiger partial charge is 0.379 e. The summed E-state index contributed by atoms with van der Waals surface area (Å²) >= 11 is 0. The van der Waals surface area contributed by atoms with Crippen molar-refractivity contribution >= 4 is 11.9 Å². The van der Waals surface area contributed by atoms with Gasteiger partial charge < -0.3 is 20.7 Å². The van der Waals surface area contributed by atoms with E-state index in [9.17, 15) is 9.18 Å². The van der Waals surface area contributed by atoms with E-state index in [0.717, 1.165) is 18.7 Å². The Balaban J connectivity index is 1.98. The molecule has 1 unspecified atom stereocenters. The highest BCUT2D eigenvalue weighted by Crippen LogP contribution is 2.22. The minimum Gasteiger partial charge on any atom is -0.379 e. The Morgan fingerprint density at radius 1 is 1.29 bits per heavy atom. The highest BCUT2D eigenvalue weighted by atomic mass is 19.1. The fourth-order valence-corrected chi connectivity index (χ4v) is 3.10. The number of aliphatic imine (C=N–C) groups is 1. The van der Waals surface area contributed by atoms with E-state index in [1.807, 2.05) is 26.8 Å². The molecule has 1 atom stereocenters. The van der Waals surface area contributed by atoms with Crippen LogP contribution in [0.15, 0.2) is 29.3 Å². The number of nitrogens with zero attached hydrogens (tertiary/aromatic N) is 2. The highest BCUT2D eigenvalue weighted by Gasteiger charge is 2.23. The van der Waals surface area contributed by atoms with Crippen molar-refractivity contribution in [1.29, 1.82) is 0 Å². The van der Waals surface area contributed by atoms with Gasteiger partial charge in [0.25, 0.3) is 0 Å². The number of halogens is 1. The molecule has 8 heteroatoms. The molecule has 0 bridgehead atoms. The van der Waals surface area contributed by atoms with Crippen molar-refractivity contribution in [2.75, 3.05) is 46.4 Å². The summed E-state index contributed by atoms with van der Waals surface area (Å²) in [7, 11) is 1.66. The zero-order chi connectivity index (χ0) is 20.6. The molecule has 0 spiro atoms. The molecule has 0 radical (unpaired) electrons. The topological polar surface area (TPSA) is 78.0 Å². The zero-order valence-corrected chi connectivity index (χ0v) is 17.2. The molecule has 0 aliphatic carbocycles. The summed E-state index contributed by atoms with van der Waals surface area (Å²) in [6.45, 7) is 9.34. The van der Waals surface area contributed by atoms with E-state index in [1.165, 1.54) is 6.07 Å². The first kappa shape index (κ1) is 22.1. The zero-order valence-electron chi connectivity index (χ0n) is 17.2. The summed E-state index contributed by atoms with van der Waals surface area (Å²) in [5.41, 5.74) is 0.615. The Morgan fingerprint density at radius 3 is 2.61 bits per heavy atom. The number of amides is 1. The van der Waals surface area contributed by atoms with E-state index < -0.39 is 0 Å². The SMILES string of the molecule is CN=C(NCC(=O)NC(C)(C)C)NCC(c1cccc(F)c1)N1CCOCC1. The number of ether oxygens (including phenoxy) is 1. The third-order valence-corrected chi connectivity index (χ3v) is 4.34. The van der Waals surface area contributed by atoms with Gasteiger partial charge in [0.05, 0.1) is 25.8 Å². The van der Waals surface area contributed by atoms with E-state index in [0.29, 0.717) is 25.7 Å². The Hall–Kier alpha value is -2.19. The van der Waals surface area contributed by atoms with Crippen LogP contribution in [0, 0.1) is 5.82 Å². The molecule has 0 saturated carbocycles. The molecule has 1 saturated heterocycles. The van der Waals surface area contributed by atoms with E-state index in [4.69, 9.17) is 4.74 Å². The second-order valence-corrected chi connectivity index (χ2v) is 7.82. The number of hydrogen-bond acceptors (Lipinski definition) is 4. The lowest BCUT2D eigenvalue weighted by atomic mass is 10.0. The van der Waals surface area contributed by atoms with Gasteiger partial charge in [-0.2, -0.15) is 0 Å². The number of morpholine rings is 1. The number of carbonyl (C=O) groups is 1.